The lowest BCUT2D eigenvalue weighted by Crippen LogP contribution is -2.31. The van der Waals surface area contributed by atoms with E-state index in [2.05, 4.69) is 10.3 Å². The third kappa shape index (κ3) is 4.56. The topological polar surface area (TPSA) is 79.4 Å². The summed E-state index contributed by atoms with van der Waals surface area (Å²) >= 11 is 6.09. The van der Waals surface area contributed by atoms with Gasteiger partial charge in [0.15, 0.2) is 0 Å². The van der Waals surface area contributed by atoms with Crippen LogP contribution in [0.5, 0.6) is 0 Å². The van der Waals surface area contributed by atoms with Gasteiger partial charge in [0.1, 0.15) is 0 Å². The number of amides is 1. The van der Waals surface area contributed by atoms with Gasteiger partial charge in [0, 0.05) is 19.3 Å². The van der Waals surface area contributed by atoms with E-state index in [-0.39, 0.29) is 22.0 Å². The first-order valence-corrected chi connectivity index (χ1v) is 9.69. The fraction of sp³-hybridized carbons (Fsp3) is 0.294. The summed E-state index contributed by atoms with van der Waals surface area (Å²) in [5.74, 6) is -0.452. The summed E-state index contributed by atoms with van der Waals surface area (Å²) in [7, 11) is -3.66. The Labute approximate surface area is 152 Å². The summed E-state index contributed by atoms with van der Waals surface area (Å²) in [6.45, 7) is 4.45. The molecule has 0 saturated carbocycles. The molecule has 1 heterocycles. The van der Waals surface area contributed by atoms with E-state index in [1.807, 2.05) is 6.07 Å². The quantitative estimate of drug-likeness (QED) is 0.799. The van der Waals surface area contributed by atoms with Gasteiger partial charge in [0.05, 0.1) is 27.7 Å². The molecule has 6 nitrogen and oxygen atoms in total. The number of sulfonamides is 1. The van der Waals surface area contributed by atoms with Crippen LogP contribution in [-0.4, -0.2) is 36.7 Å². The van der Waals surface area contributed by atoms with Crippen LogP contribution in [0.15, 0.2) is 47.5 Å². The standard InChI is InChI=1S/C17H20ClN3O3S/c1-3-21(4-2)25(23,24)14-8-9-16(18)15(11-14)17(22)20-12-13-7-5-6-10-19-13/h5-11H,3-4,12H2,1-2H3,(H,20,22). The van der Waals surface area contributed by atoms with Crippen molar-refractivity contribution in [2.75, 3.05) is 13.1 Å². The highest BCUT2D eigenvalue weighted by molar-refractivity contribution is 7.89. The second kappa shape index (κ2) is 8.42. The number of aromatic nitrogens is 1. The van der Waals surface area contributed by atoms with Crippen LogP contribution in [0.3, 0.4) is 0 Å². The highest BCUT2D eigenvalue weighted by Gasteiger charge is 2.23. The number of pyridine rings is 1. The van der Waals surface area contributed by atoms with Gasteiger partial charge < -0.3 is 5.32 Å². The van der Waals surface area contributed by atoms with E-state index in [0.717, 1.165) is 0 Å². The summed E-state index contributed by atoms with van der Waals surface area (Å²) in [6.07, 6.45) is 1.63. The first-order chi connectivity index (χ1) is 11.9. The van der Waals surface area contributed by atoms with Gasteiger partial charge in [-0.2, -0.15) is 4.31 Å². The van der Waals surface area contributed by atoms with Crippen molar-refractivity contribution >= 4 is 27.5 Å². The smallest absolute Gasteiger partial charge is 0.253 e. The van der Waals surface area contributed by atoms with Crippen LogP contribution in [0, 0.1) is 0 Å². The Bertz CT molecular complexity index is 837. The maximum Gasteiger partial charge on any atom is 0.253 e. The molecule has 0 fully saturated rings. The minimum Gasteiger partial charge on any atom is -0.346 e. The summed E-state index contributed by atoms with van der Waals surface area (Å²) in [5, 5.41) is 2.89. The van der Waals surface area contributed by atoms with E-state index in [4.69, 9.17) is 11.6 Å². The van der Waals surface area contributed by atoms with Crippen molar-refractivity contribution in [1.82, 2.24) is 14.6 Å². The molecule has 0 radical (unpaired) electrons. The molecular weight excluding hydrogens is 362 g/mol. The molecule has 0 saturated heterocycles. The Morgan fingerprint density at radius 2 is 1.92 bits per heavy atom. The zero-order valence-electron chi connectivity index (χ0n) is 14.1. The number of halogens is 1. The molecule has 1 N–H and O–H groups in total. The van der Waals surface area contributed by atoms with Crippen LogP contribution in [0.2, 0.25) is 5.02 Å². The number of nitrogens with one attached hydrogen (secondary N) is 1. The van der Waals surface area contributed by atoms with E-state index in [1.165, 1.54) is 22.5 Å². The molecule has 0 aliphatic carbocycles. The fourth-order valence-electron chi connectivity index (χ4n) is 2.32. The zero-order valence-corrected chi connectivity index (χ0v) is 15.6. The number of benzene rings is 1. The summed E-state index contributed by atoms with van der Waals surface area (Å²) < 4.78 is 26.5. The highest BCUT2D eigenvalue weighted by atomic mass is 35.5. The highest BCUT2D eigenvalue weighted by Crippen LogP contribution is 2.23. The number of hydrogen-bond donors (Lipinski definition) is 1. The van der Waals surface area contributed by atoms with Gasteiger partial charge in [-0.05, 0) is 30.3 Å². The van der Waals surface area contributed by atoms with Crippen molar-refractivity contribution in [3.05, 3.63) is 58.9 Å². The normalized spacial score (nSPS) is 11.5. The summed E-state index contributed by atoms with van der Waals surface area (Å²) in [6, 6.07) is 9.52. The molecule has 1 aromatic carbocycles. The maximum absolute atomic E-state index is 12.6. The molecule has 1 aromatic heterocycles. The molecular formula is C17H20ClN3O3S. The van der Waals surface area contributed by atoms with Crippen LogP contribution < -0.4 is 5.32 Å². The number of nitrogens with zero attached hydrogens (tertiary/aromatic N) is 2. The van der Waals surface area contributed by atoms with Crippen molar-refractivity contribution < 1.29 is 13.2 Å². The second-order valence-corrected chi connectivity index (χ2v) is 7.58. The number of hydrogen-bond acceptors (Lipinski definition) is 4. The number of carbonyl (C=O) groups excluding carboxylic acids is 1. The van der Waals surface area contributed by atoms with E-state index in [9.17, 15) is 13.2 Å². The molecule has 0 aliphatic rings. The van der Waals surface area contributed by atoms with Crippen molar-refractivity contribution in [2.24, 2.45) is 0 Å². The van der Waals surface area contributed by atoms with Gasteiger partial charge in [0.25, 0.3) is 5.91 Å². The third-order valence-electron chi connectivity index (χ3n) is 3.68. The van der Waals surface area contributed by atoms with Gasteiger partial charge >= 0.3 is 0 Å². The van der Waals surface area contributed by atoms with Gasteiger partial charge in [-0.25, -0.2) is 8.42 Å². The van der Waals surface area contributed by atoms with Gasteiger partial charge in [-0.1, -0.05) is 31.5 Å². The molecule has 0 aliphatic heterocycles. The predicted octanol–water partition coefficient (Wildman–Crippen LogP) is 2.70. The van der Waals surface area contributed by atoms with Crippen LogP contribution in [-0.2, 0) is 16.6 Å². The molecule has 0 unspecified atom stereocenters. The fourth-order valence-corrected chi connectivity index (χ4v) is 4.01. The van der Waals surface area contributed by atoms with Gasteiger partial charge in [-0.15, -0.1) is 0 Å². The molecule has 8 heteroatoms. The van der Waals surface area contributed by atoms with E-state index >= 15 is 0 Å². The largest absolute Gasteiger partial charge is 0.346 e. The first-order valence-electron chi connectivity index (χ1n) is 7.88. The molecule has 2 rings (SSSR count). The molecule has 2 aromatic rings. The van der Waals surface area contributed by atoms with Gasteiger partial charge in [-0.3, -0.25) is 9.78 Å². The molecule has 25 heavy (non-hydrogen) atoms. The van der Waals surface area contributed by atoms with Crippen LogP contribution in [0.4, 0.5) is 0 Å². The van der Waals surface area contributed by atoms with E-state index < -0.39 is 15.9 Å². The molecule has 0 atom stereocenters. The lowest BCUT2D eigenvalue weighted by molar-refractivity contribution is 0.0950. The Kier molecular flexibility index (Phi) is 6.52. The van der Waals surface area contributed by atoms with E-state index in [0.29, 0.717) is 18.8 Å². The Morgan fingerprint density at radius 1 is 1.20 bits per heavy atom. The lowest BCUT2D eigenvalue weighted by Gasteiger charge is -2.19. The zero-order chi connectivity index (χ0) is 18.4. The Balaban J connectivity index is 2.25. The van der Waals surface area contributed by atoms with Crippen molar-refractivity contribution in [3.63, 3.8) is 0 Å². The first kappa shape index (κ1) is 19.4. The average Bonchev–Trinajstić information content (AvgIpc) is 2.61. The van der Waals surface area contributed by atoms with Crippen LogP contribution >= 0.6 is 11.6 Å². The number of rotatable bonds is 7. The Morgan fingerprint density at radius 3 is 2.52 bits per heavy atom. The van der Waals surface area contributed by atoms with Crippen LogP contribution in [0.25, 0.3) is 0 Å². The molecule has 1 amide bonds. The van der Waals surface area contributed by atoms with Crippen LogP contribution in [0.1, 0.15) is 29.9 Å². The van der Waals surface area contributed by atoms with Gasteiger partial charge in [0.2, 0.25) is 10.0 Å². The van der Waals surface area contributed by atoms with Crippen molar-refractivity contribution in [1.29, 1.82) is 0 Å². The minimum absolute atomic E-state index is 0.0450. The molecule has 134 valence electrons. The average molecular weight is 382 g/mol. The summed E-state index contributed by atoms with van der Waals surface area (Å²) in [4.78, 5) is 16.6. The van der Waals surface area contributed by atoms with Crippen molar-refractivity contribution in [3.8, 4) is 0 Å². The third-order valence-corrected chi connectivity index (χ3v) is 6.06. The minimum atomic E-state index is -3.66. The lowest BCUT2D eigenvalue weighted by atomic mass is 10.2. The molecule has 0 spiro atoms. The monoisotopic (exact) mass is 381 g/mol. The van der Waals surface area contributed by atoms with Crippen molar-refractivity contribution in [2.45, 2.75) is 25.3 Å². The second-order valence-electron chi connectivity index (χ2n) is 5.23. The van der Waals surface area contributed by atoms with E-state index in [1.54, 1.807) is 32.2 Å². The number of carbonyl (C=O) groups is 1. The molecule has 0 bridgehead atoms. The SMILES string of the molecule is CCN(CC)S(=O)(=O)c1ccc(Cl)c(C(=O)NCc2ccccn2)c1. The Hall–Kier alpha value is -1.96. The summed E-state index contributed by atoms with van der Waals surface area (Å²) in [5.41, 5.74) is 0.810. The maximum atomic E-state index is 12.6. The predicted molar refractivity (Wildman–Crippen MR) is 97.0 cm³/mol.